The number of rotatable bonds is 8. The number of nitrogens with zero attached hydrogens (tertiary/aromatic N) is 2. The Bertz CT molecular complexity index is 1770. The summed E-state index contributed by atoms with van der Waals surface area (Å²) in [6.07, 6.45) is -3.55. The van der Waals surface area contributed by atoms with Crippen molar-refractivity contribution in [3.63, 3.8) is 0 Å². The van der Waals surface area contributed by atoms with E-state index < -0.39 is 76.2 Å². The van der Waals surface area contributed by atoms with Crippen molar-refractivity contribution in [2.75, 3.05) is 13.1 Å². The minimum Gasteiger partial charge on any atom is -0.391 e. The van der Waals surface area contributed by atoms with E-state index in [2.05, 4.69) is 10.3 Å². The fourth-order valence-electron chi connectivity index (χ4n) is 7.27. The van der Waals surface area contributed by atoms with Gasteiger partial charge in [0.15, 0.2) is 0 Å². The van der Waals surface area contributed by atoms with Crippen molar-refractivity contribution in [3.05, 3.63) is 77.0 Å². The number of carbonyl (C=O) groups excluding carboxylic acids is 2. The molecule has 5 unspecified atom stereocenters. The van der Waals surface area contributed by atoms with Gasteiger partial charge in [-0.1, -0.05) is 25.1 Å². The molecule has 13 nitrogen and oxygen atoms in total. The standard InChI is InChI=1S/C32H34B2F3N3O10/c1-26(33,31(45,46)47)28(30(34,44)32(48,49)50)16-40(15-17-2-4-20(5-3-17)29(35,36)37)11-10-27(28,43)21-6-8-23-18(13-21)12-19(14-38-23)22-7-9-24(41)39-25(22)42/h2-6,8,12-14,22,43-50H,7,9-11,15-16H2,1H3,(H,39,41,42). The van der Waals surface area contributed by atoms with Crippen molar-refractivity contribution < 1.29 is 63.6 Å². The number of carbonyl (C=O) groups is 2. The van der Waals surface area contributed by atoms with Gasteiger partial charge in [0, 0.05) is 48.4 Å². The van der Waals surface area contributed by atoms with Crippen LogP contribution in [-0.4, -0.2) is 109 Å². The van der Waals surface area contributed by atoms with Crippen molar-refractivity contribution in [2.45, 2.75) is 73.2 Å². The molecule has 2 aliphatic heterocycles. The molecule has 3 aromatic rings. The minimum absolute atomic E-state index is 0.0698. The Morgan fingerprint density at radius 2 is 1.60 bits per heavy atom. The van der Waals surface area contributed by atoms with Crippen LogP contribution in [0.25, 0.3) is 10.9 Å². The van der Waals surface area contributed by atoms with Gasteiger partial charge in [-0.15, -0.1) is 0 Å². The summed E-state index contributed by atoms with van der Waals surface area (Å²) >= 11 is 0. The van der Waals surface area contributed by atoms with Crippen molar-refractivity contribution >= 4 is 38.4 Å². The number of halogens is 3. The van der Waals surface area contributed by atoms with Gasteiger partial charge in [0.2, 0.25) is 11.8 Å². The lowest BCUT2D eigenvalue weighted by molar-refractivity contribution is -0.435. The molecule has 50 heavy (non-hydrogen) atoms. The number of alkyl halides is 3. The van der Waals surface area contributed by atoms with Crippen LogP contribution in [0.5, 0.6) is 0 Å². The molecular weight excluding hydrogens is 665 g/mol. The molecule has 2 saturated heterocycles. The summed E-state index contributed by atoms with van der Waals surface area (Å²) in [5.74, 6) is -10.2. The summed E-state index contributed by atoms with van der Waals surface area (Å²) in [6.45, 7) is -0.677. The zero-order valence-electron chi connectivity index (χ0n) is 26.6. The van der Waals surface area contributed by atoms with Crippen LogP contribution in [0, 0.1) is 5.41 Å². The first-order valence-corrected chi connectivity index (χ1v) is 15.3. The summed E-state index contributed by atoms with van der Waals surface area (Å²) in [7, 11) is 12.4. The zero-order chi connectivity index (χ0) is 37.3. The number of fused-ring (bicyclic) bond motifs is 1. The third-order valence-electron chi connectivity index (χ3n) is 10.2. The number of nitrogens with one attached hydrogen (secondary N) is 1. The first-order chi connectivity index (χ1) is 22.9. The summed E-state index contributed by atoms with van der Waals surface area (Å²) in [5.41, 5.74) is -10.1. The maximum absolute atomic E-state index is 13.2. The van der Waals surface area contributed by atoms with Gasteiger partial charge in [-0.3, -0.25) is 24.8 Å². The molecule has 5 rings (SSSR count). The molecule has 18 heteroatoms. The molecule has 9 N–H and O–H groups in total. The van der Waals surface area contributed by atoms with Crippen LogP contribution in [0.15, 0.2) is 54.7 Å². The molecule has 264 valence electrons. The highest BCUT2D eigenvalue weighted by molar-refractivity contribution is 6.20. The topological polar surface area (TPSA) is 224 Å². The number of likely N-dealkylation sites (tertiary alicyclic amines) is 1. The van der Waals surface area contributed by atoms with E-state index in [4.69, 9.17) is 15.7 Å². The number of aliphatic hydroxyl groups is 8. The van der Waals surface area contributed by atoms with E-state index in [0.717, 1.165) is 24.3 Å². The quantitative estimate of drug-likeness (QED) is 0.0811. The summed E-state index contributed by atoms with van der Waals surface area (Å²) in [5, 5.41) is 87.1. The third kappa shape index (κ3) is 6.11. The number of imide groups is 1. The summed E-state index contributed by atoms with van der Waals surface area (Å²) < 4.78 is 39.6. The van der Waals surface area contributed by atoms with Crippen molar-refractivity contribution in [1.82, 2.24) is 15.2 Å². The number of pyridine rings is 1. The van der Waals surface area contributed by atoms with Gasteiger partial charge in [-0.05, 0) is 59.9 Å². The van der Waals surface area contributed by atoms with Crippen LogP contribution in [0.2, 0.25) is 5.31 Å². The van der Waals surface area contributed by atoms with Gasteiger partial charge in [0.25, 0.3) is 11.9 Å². The number of amides is 2. The van der Waals surface area contributed by atoms with Crippen LogP contribution in [0.4, 0.5) is 13.2 Å². The second-order valence-corrected chi connectivity index (χ2v) is 13.3. The molecular formula is C32H34B2F3N3O10. The predicted molar refractivity (Wildman–Crippen MR) is 168 cm³/mol. The van der Waals surface area contributed by atoms with Gasteiger partial charge >= 0.3 is 6.18 Å². The van der Waals surface area contributed by atoms with Gasteiger partial charge in [-0.25, -0.2) is 0 Å². The number of aromatic nitrogens is 1. The maximum Gasteiger partial charge on any atom is 0.416 e. The lowest BCUT2D eigenvalue weighted by Gasteiger charge is -2.68. The zero-order valence-corrected chi connectivity index (χ0v) is 26.6. The molecule has 1 aromatic heterocycles. The van der Waals surface area contributed by atoms with Gasteiger partial charge < -0.3 is 40.9 Å². The van der Waals surface area contributed by atoms with E-state index in [9.17, 15) is 63.6 Å². The highest BCUT2D eigenvalue weighted by atomic mass is 19.4. The van der Waals surface area contributed by atoms with E-state index in [1.54, 1.807) is 0 Å². The molecule has 0 saturated carbocycles. The van der Waals surface area contributed by atoms with Gasteiger partial charge in [-0.2, -0.15) is 13.2 Å². The lowest BCUT2D eigenvalue weighted by Crippen LogP contribution is -2.80. The first kappa shape index (κ1) is 37.8. The molecule has 2 aromatic carbocycles. The molecule has 5 atom stereocenters. The molecule has 2 fully saturated rings. The molecule has 0 spiro atoms. The fraction of sp³-hybridized carbons (Fsp3) is 0.469. The molecule has 2 aliphatic rings. The van der Waals surface area contributed by atoms with Crippen LogP contribution in [0.1, 0.15) is 54.4 Å². The van der Waals surface area contributed by atoms with Crippen molar-refractivity contribution in [1.29, 1.82) is 0 Å². The SMILES string of the molecule is [B]C(C)(C(O)(O)O)C1(C([B])(O)C(O)(O)O)CN(Cc2ccc(C(F)(F)F)cc2)CCC1(O)c1ccc2ncc(C3CCC(=O)NC3=O)cc2c1. The number of hydrogen-bond acceptors (Lipinski definition) is 12. The minimum atomic E-state index is -4.63. The number of benzene rings is 2. The molecule has 2 amide bonds. The smallest absolute Gasteiger partial charge is 0.391 e. The van der Waals surface area contributed by atoms with Crippen LogP contribution >= 0.6 is 0 Å². The maximum atomic E-state index is 13.2. The van der Waals surface area contributed by atoms with Crippen LogP contribution in [-0.2, 0) is 27.9 Å². The van der Waals surface area contributed by atoms with Crippen molar-refractivity contribution in [2.24, 2.45) is 5.41 Å². The highest BCUT2D eigenvalue weighted by Crippen LogP contribution is 2.67. The van der Waals surface area contributed by atoms with Crippen molar-refractivity contribution in [3.8, 4) is 0 Å². The van der Waals surface area contributed by atoms with Crippen LogP contribution in [0.3, 0.4) is 0 Å². The summed E-state index contributed by atoms with van der Waals surface area (Å²) in [4.78, 5) is 29.9. The highest BCUT2D eigenvalue weighted by Gasteiger charge is 2.77. The van der Waals surface area contributed by atoms with E-state index in [-0.39, 0.29) is 42.4 Å². The molecule has 0 bridgehead atoms. The first-order valence-electron chi connectivity index (χ1n) is 15.3. The third-order valence-corrected chi connectivity index (χ3v) is 10.2. The lowest BCUT2D eigenvalue weighted by atomic mass is 9.35. The van der Waals surface area contributed by atoms with E-state index in [0.29, 0.717) is 18.0 Å². The number of hydrogen-bond donors (Lipinski definition) is 9. The largest absolute Gasteiger partial charge is 0.416 e. The monoisotopic (exact) mass is 699 g/mol. The Morgan fingerprint density at radius 3 is 2.16 bits per heavy atom. The van der Waals surface area contributed by atoms with E-state index >= 15 is 0 Å². The molecule has 3 heterocycles. The predicted octanol–water partition coefficient (Wildman–Crippen LogP) is -0.681. The second kappa shape index (κ2) is 12.4. The van der Waals surface area contributed by atoms with Crippen LogP contribution < -0.4 is 5.32 Å². The second-order valence-electron chi connectivity index (χ2n) is 13.3. The van der Waals surface area contributed by atoms with Gasteiger partial charge in [0.1, 0.15) is 18.9 Å². The van der Waals surface area contributed by atoms with Gasteiger partial charge in [0.05, 0.1) is 24.8 Å². The Morgan fingerprint density at radius 1 is 0.960 bits per heavy atom. The molecule has 4 radical (unpaired) electrons. The Kier molecular flexibility index (Phi) is 9.34. The fourth-order valence-corrected chi connectivity index (χ4v) is 7.27. The Hall–Kier alpha value is -3.45. The Balaban J connectivity index is 1.68. The van der Waals surface area contributed by atoms with E-state index in [1.165, 1.54) is 35.4 Å². The average molecular weight is 699 g/mol. The summed E-state index contributed by atoms with van der Waals surface area (Å²) in [6, 6.07) is 9.41. The number of piperidine rings is 2. The Labute approximate surface area is 285 Å². The average Bonchev–Trinajstić information content (AvgIpc) is 3.00. The van der Waals surface area contributed by atoms with E-state index in [1.807, 2.05) is 0 Å². The molecule has 0 aliphatic carbocycles. The normalized spacial score (nSPS) is 26.7.